The number of rotatable bonds is 4. The van der Waals surface area contributed by atoms with Gasteiger partial charge in [-0.3, -0.25) is 4.72 Å². The van der Waals surface area contributed by atoms with Crippen LogP contribution in [0.25, 0.3) is 0 Å². The molecule has 2 rings (SSSR count). The van der Waals surface area contributed by atoms with E-state index in [-0.39, 0.29) is 20.6 Å². The van der Waals surface area contributed by atoms with E-state index in [4.69, 9.17) is 16.7 Å². The second kappa shape index (κ2) is 5.11. The topological polar surface area (TPSA) is 109 Å². The number of hydrogen-bond donors (Lipinski definition) is 2. The van der Waals surface area contributed by atoms with Crippen LogP contribution >= 0.6 is 22.9 Å². The van der Waals surface area contributed by atoms with Crippen molar-refractivity contribution < 1.29 is 18.3 Å². The summed E-state index contributed by atoms with van der Waals surface area (Å²) in [6, 6.07) is 3.41. The van der Waals surface area contributed by atoms with Crippen molar-refractivity contribution in [2.75, 3.05) is 4.72 Å². The number of benzene rings is 1. The Morgan fingerprint density at radius 3 is 2.74 bits per heavy atom. The number of carbonyl (C=O) groups is 1. The van der Waals surface area contributed by atoms with Gasteiger partial charge in [0.2, 0.25) is 5.13 Å². The average Bonchev–Trinajstić information content (AvgIpc) is 2.81. The van der Waals surface area contributed by atoms with Crippen molar-refractivity contribution in [3.63, 3.8) is 0 Å². The van der Waals surface area contributed by atoms with Crippen molar-refractivity contribution in [3.05, 3.63) is 34.3 Å². The van der Waals surface area contributed by atoms with Crippen molar-refractivity contribution in [2.45, 2.75) is 4.90 Å². The summed E-state index contributed by atoms with van der Waals surface area (Å²) in [5.74, 6) is -1.25. The third-order valence-corrected chi connectivity index (χ3v) is 4.61. The predicted molar refractivity (Wildman–Crippen MR) is 69.1 cm³/mol. The zero-order valence-corrected chi connectivity index (χ0v) is 11.5. The van der Waals surface area contributed by atoms with Crippen LogP contribution in [-0.4, -0.2) is 29.7 Å². The van der Waals surface area contributed by atoms with Gasteiger partial charge in [-0.25, -0.2) is 13.2 Å². The van der Waals surface area contributed by atoms with E-state index in [2.05, 4.69) is 14.9 Å². The lowest BCUT2D eigenvalue weighted by Gasteiger charge is -2.07. The Bertz CT molecular complexity index is 715. The Kier molecular flexibility index (Phi) is 3.69. The van der Waals surface area contributed by atoms with Crippen LogP contribution in [-0.2, 0) is 10.0 Å². The van der Waals surface area contributed by atoms with Gasteiger partial charge in [-0.2, -0.15) is 0 Å². The van der Waals surface area contributed by atoms with Crippen LogP contribution in [0.4, 0.5) is 5.13 Å². The van der Waals surface area contributed by atoms with E-state index >= 15 is 0 Å². The molecule has 0 radical (unpaired) electrons. The third-order valence-electron chi connectivity index (χ3n) is 2.05. The molecule has 2 N–H and O–H groups in total. The van der Waals surface area contributed by atoms with Gasteiger partial charge in [0.05, 0.1) is 10.6 Å². The number of nitrogens with zero attached hydrogens (tertiary/aromatic N) is 2. The molecule has 1 heterocycles. The van der Waals surface area contributed by atoms with Gasteiger partial charge in [0.15, 0.2) is 0 Å². The van der Waals surface area contributed by atoms with Crippen molar-refractivity contribution in [3.8, 4) is 0 Å². The molecule has 0 unspecified atom stereocenters. The number of hydrogen-bond acceptors (Lipinski definition) is 6. The van der Waals surface area contributed by atoms with Gasteiger partial charge in [-0.15, -0.1) is 10.2 Å². The van der Waals surface area contributed by atoms with Gasteiger partial charge in [0, 0.05) is 0 Å². The fourth-order valence-electron chi connectivity index (χ4n) is 1.23. The van der Waals surface area contributed by atoms with E-state index in [1.54, 1.807) is 0 Å². The predicted octanol–water partition coefficient (Wildman–Crippen LogP) is 1.69. The zero-order chi connectivity index (χ0) is 14.0. The molecule has 0 atom stereocenters. The molecular formula is C9H6ClN3O4S2. The van der Waals surface area contributed by atoms with Gasteiger partial charge in [-0.05, 0) is 18.2 Å². The molecule has 0 amide bonds. The fourth-order valence-corrected chi connectivity index (χ4v) is 3.45. The molecule has 100 valence electrons. The van der Waals surface area contributed by atoms with E-state index in [9.17, 15) is 13.2 Å². The Morgan fingerprint density at radius 1 is 1.42 bits per heavy atom. The Balaban J connectivity index is 2.45. The van der Waals surface area contributed by atoms with E-state index < -0.39 is 16.0 Å². The largest absolute Gasteiger partial charge is 0.478 e. The SMILES string of the molecule is O=C(O)c1ccc(Cl)c(S(=O)(=O)Nc2nncs2)c1. The minimum Gasteiger partial charge on any atom is -0.478 e. The molecule has 7 nitrogen and oxygen atoms in total. The minimum absolute atomic E-state index is 0.0665. The number of aromatic carboxylic acids is 1. The van der Waals surface area contributed by atoms with Crippen molar-refractivity contribution in [2.24, 2.45) is 0 Å². The lowest BCUT2D eigenvalue weighted by molar-refractivity contribution is 0.0696. The summed E-state index contributed by atoms with van der Waals surface area (Å²) in [5.41, 5.74) is 1.18. The van der Waals surface area contributed by atoms with Gasteiger partial charge in [-0.1, -0.05) is 22.9 Å². The number of halogens is 1. The minimum atomic E-state index is -4.01. The first-order chi connectivity index (χ1) is 8.90. The van der Waals surface area contributed by atoms with Crippen LogP contribution in [0.2, 0.25) is 5.02 Å². The monoisotopic (exact) mass is 319 g/mol. The van der Waals surface area contributed by atoms with Crippen LogP contribution in [0.15, 0.2) is 28.6 Å². The van der Waals surface area contributed by atoms with Crippen LogP contribution in [0.5, 0.6) is 0 Å². The Morgan fingerprint density at radius 2 is 2.16 bits per heavy atom. The molecule has 19 heavy (non-hydrogen) atoms. The highest BCUT2D eigenvalue weighted by molar-refractivity contribution is 7.93. The third kappa shape index (κ3) is 3.00. The van der Waals surface area contributed by atoms with Crippen LogP contribution in [0.3, 0.4) is 0 Å². The van der Waals surface area contributed by atoms with Gasteiger partial charge in [0.25, 0.3) is 10.0 Å². The normalized spacial score (nSPS) is 11.2. The van der Waals surface area contributed by atoms with E-state index in [0.717, 1.165) is 17.4 Å². The van der Waals surface area contributed by atoms with Crippen LogP contribution in [0, 0.1) is 0 Å². The molecular weight excluding hydrogens is 314 g/mol. The van der Waals surface area contributed by atoms with Crippen molar-refractivity contribution in [1.29, 1.82) is 0 Å². The molecule has 10 heteroatoms. The maximum Gasteiger partial charge on any atom is 0.335 e. The van der Waals surface area contributed by atoms with E-state index in [1.165, 1.54) is 17.6 Å². The highest BCUT2D eigenvalue weighted by atomic mass is 35.5. The van der Waals surface area contributed by atoms with Crippen LogP contribution in [0.1, 0.15) is 10.4 Å². The summed E-state index contributed by atoms with van der Waals surface area (Å²) < 4.78 is 26.3. The fraction of sp³-hybridized carbons (Fsp3) is 0. The molecule has 0 saturated heterocycles. The van der Waals surface area contributed by atoms with Crippen molar-refractivity contribution >= 4 is 44.1 Å². The summed E-state index contributed by atoms with van der Waals surface area (Å²) in [7, 11) is -4.01. The Labute approximate surface area is 116 Å². The highest BCUT2D eigenvalue weighted by Crippen LogP contribution is 2.25. The summed E-state index contributed by atoms with van der Waals surface area (Å²) >= 11 is 6.77. The number of nitrogens with one attached hydrogen (secondary N) is 1. The number of anilines is 1. The van der Waals surface area contributed by atoms with E-state index in [1.807, 2.05) is 0 Å². The first-order valence-electron chi connectivity index (χ1n) is 4.72. The average molecular weight is 320 g/mol. The Hall–Kier alpha value is -1.71. The molecule has 0 aliphatic heterocycles. The lowest BCUT2D eigenvalue weighted by atomic mass is 10.2. The molecule has 1 aromatic carbocycles. The smallest absolute Gasteiger partial charge is 0.335 e. The maximum absolute atomic E-state index is 12.0. The van der Waals surface area contributed by atoms with Crippen molar-refractivity contribution in [1.82, 2.24) is 10.2 Å². The summed E-state index contributed by atoms with van der Waals surface area (Å²) in [5, 5.41) is 15.8. The first kappa shape index (κ1) is 13.7. The second-order valence-electron chi connectivity index (χ2n) is 3.30. The van der Waals surface area contributed by atoms with Gasteiger partial charge < -0.3 is 5.11 Å². The molecule has 0 aliphatic rings. The zero-order valence-electron chi connectivity index (χ0n) is 9.07. The molecule has 2 aromatic rings. The second-order valence-corrected chi connectivity index (χ2v) is 6.19. The summed E-state index contributed by atoms with van der Waals surface area (Å²) in [6.07, 6.45) is 0. The molecule has 0 saturated carbocycles. The summed E-state index contributed by atoms with van der Waals surface area (Å²) in [6.45, 7) is 0. The van der Waals surface area contributed by atoms with Crippen LogP contribution < -0.4 is 4.72 Å². The number of sulfonamides is 1. The van der Waals surface area contributed by atoms with Gasteiger partial charge >= 0.3 is 5.97 Å². The molecule has 0 aliphatic carbocycles. The first-order valence-corrected chi connectivity index (χ1v) is 7.46. The molecule has 0 fully saturated rings. The maximum atomic E-state index is 12.0. The number of carboxylic acid groups (broad SMARTS) is 1. The number of carboxylic acids is 1. The molecule has 0 bridgehead atoms. The molecule has 1 aromatic heterocycles. The summed E-state index contributed by atoms with van der Waals surface area (Å²) in [4.78, 5) is 10.5. The quantitative estimate of drug-likeness (QED) is 0.887. The van der Waals surface area contributed by atoms with Gasteiger partial charge in [0.1, 0.15) is 10.4 Å². The van der Waals surface area contributed by atoms with E-state index in [0.29, 0.717) is 0 Å². The highest BCUT2D eigenvalue weighted by Gasteiger charge is 2.21. The number of aromatic nitrogens is 2. The standard InChI is InChI=1S/C9H6ClN3O4S2/c10-6-2-1-5(8(14)15)3-7(6)19(16,17)13-9-12-11-4-18-9/h1-4H,(H,12,13)(H,14,15). The molecule has 0 spiro atoms. The lowest BCUT2D eigenvalue weighted by Crippen LogP contribution is -2.14.